The first kappa shape index (κ1) is 27.0. The van der Waals surface area contributed by atoms with Crippen molar-refractivity contribution in [3.63, 3.8) is 0 Å². The molecule has 0 bridgehead atoms. The molecule has 0 fully saturated rings. The van der Waals surface area contributed by atoms with Crippen molar-refractivity contribution in [3.8, 4) is 11.5 Å². The monoisotopic (exact) mass is 546 g/mol. The molecule has 0 saturated heterocycles. The van der Waals surface area contributed by atoms with Crippen molar-refractivity contribution in [2.24, 2.45) is 5.10 Å². The first-order valence-electron chi connectivity index (χ1n) is 11.5. The molecule has 8 nitrogen and oxygen atoms in total. The number of urea groups is 1. The summed E-state index contributed by atoms with van der Waals surface area (Å²) in [6, 6.07) is 12.0. The van der Waals surface area contributed by atoms with Gasteiger partial charge in [-0.1, -0.05) is 6.07 Å². The molecule has 1 aliphatic heterocycles. The lowest BCUT2D eigenvalue weighted by atomic mass is 9.99. The number of ether oxygens (including phenoxy) is 2. The van der Waals surface area contributed by atoms with Gasteiger partial charge in [0, 0.05) is 24.7 Å². The van der Waals surface area contributed by atoms with Gasteiger partial charge in [-0.25, -0.2) is 9.80 Å². The Morgan fingerprint density at radius 2 is 1.87 bits per heavy atom. The summed E-state index contributed by atoms with van der Waals surface area (Å²) in [7, 11) is 4.49. The molecular weight excluding hydrogens is 521 g/mol. The van der Waals surface area contributed by atoms with E-state index in [0.29, 0.717) is 23.5 Å². The number of nitrogens with zero attached hydrogens (tertiary/aromatic N) is 3. The Bertz CT molecular complexity index is 1330. The van der Waals surface area contributed by atoms with Crippen molar-refractivity contribution >= 4 is 34.7 Å². The Kier molecular flexibility index (Phi) is 7.91. The number of nitrogens with one attached hydrogen (secondary N) is 1. The number of hydrogen-bond donors (Lipinski definition) is 1. The van der Waals surface area contributed by atoms with Gasteiger partial charge in [-0.05, 0) is 53.9 Å². The Hall–Kier alpha value is -4.06. The average molecular weight is 547 g/mol. The number of methoxy groups -OCH3 is 2. The zero-order valence-electron chi connectivity index (χ0n) is 20.8. The summed E-state index contributed by atoms with van der Waals surface area (Å²) in [5, 5.41) is 10.4. The SMILES string of the molecule is COc1ccc(OC)c([C@@H]2CC(c3cccs3)=NN2C(=O)CN(C)C(=O)Nc2ccc(C(F)(F)F)cc2)c1. The molecule has 1 atom stereocenters. The number of rotatable bonds is 7. The highest BCUT2D eigenvalue weighted by atomic mass is 32.1. The first-order chi connectivity index (χ1) is 18.1. The molecule has 0 spiro atoms. The van der Waals surface area contributed by atoms with Crippen LogP contribution in [0.1, 0.15) is 28.5 Å². The van der Waals surface area contributed by atoms with Crippen LogP contribution in [0.4, 0.5) is 23.7 Å². The van der Waals surface area contributed by atoms with Crippen LogP contribution in [0.15, 0.2) is 65.1 Å². The highest BCUT2D eigenvalue weighted by Crippen LogP contribution is 2.40. The number of halogens is 3. The van der Waals surface area contributed by atoms with E-state index in [-0.39, 0.29) is 12.2 Å². The van der Waals surface area contributed by atoms with Gasteiger partial charge in [0.15, 0.2) is 0 Å². The van der Waals surface area contributed by atoms with Gasteiger partial charge in [0.2, 0.25) is 0 Å². The normalized spacial score (nSPS) is 15.2. The Labute approximate surface area is 221 Å². The van der Waals surface area contributed by atoms with E-state index < -0.39 is 29.7 Å². The molecule has 0 unspecified atom stereocenters. The van der Waals surface area contributed by atoms with Gasteiger partial charge >= 0.3 is 12.2 Å². The Morgan fingerprint density at radius 3 is 2.47 bits per heavy atom. The highest BCUT2D eigenvalue weighted by molar-refractivity contribution is 7.12. The Morgan fingerprint density at radius 1 is 1.13 bits per heavy atom. The van der Waals surface area contributed by atoms with Gasteiger partial charge in [0.25, 0.3) is 5.91 Å². The van der Waals surface area contributed by atoms with Crippen LogP contribution in [0.25, 0.3) is 0 Å². The van der Waals surface area contributed by atoms with E-state index in [1.54, 1.807) is 25.3 Å². The van der Waals surface area contributed by atoms with E-state index in [2.05, 4.69) is 10.4 Å². The van der Waals surface area contributed by atoms with E-state index in [0.717, 1.165) is 39.8 Å². The minimum atomic E-state index is -4.48. The third-order valence-electron chi connectivity index (χ3n) is 5.95. The van der Waals surface area contributed by atoms with Crippen molar-refractivity contribution in [2.75, 3.05) is 33.1 Å². The number of alkyl halides is 3. The van der Waals surface area contributed by atoms with Crippen LogP contribution in [0.5, 0.6) is 11.5 Å². The van der Waals surface area contributed by atoms with Crippen molar-refractivity contribution in [1.82, 2.24) is 9.91 Å². The van der Waals surface area contributed by atoms with Gasteiger partial charge in [-0.2, -0.15) is 18.3 Å². The summed E-state index contributed by atoms with van der Waals surface area (Å²) in [6.07, 6.45) is -4.05. The van der Waals surface area contributed by atoms with E-state index in [9.17, 15) is 22.8 Å². The number of thiophene rings is 1. The molecule has 3 amide bonds. The van der Waals surface area contributed by atoms with Crippen molar-refractivity contribution in [3.05, 3.63) is 76.0 Å². The van der Waals surface area contributed by atoms with Gasteiger partial charge in [-0.3, -0.25) is 4.79 Å². The number of benzene rings is 2. The van der Waals surface area contributed by atoms with E-state index >= 15 is 0 Å². The lowest BCUT2D eigenvalue weighted by Crippen LogP contribution is -2.41. The highest BCUT2D eigenvalue weighted by Gasteiger charge is 2.36. The summed E-state index contributed by atoms with van der Waals surface area (Å²) >= 11 is 1.50. The standard InChI is InChI=1S/C26H25F3N4O4S/c1-32(25(35)30-17-8-6-16(7-9-17)26(27,28)29)15-24(34)33-21(14-20(31-33)23-5-4-12-38-23)19-13-18(36-2)10-11-22(19)37-3/h4-13,21H,14-15H2,1-3H3,(H,30,35)/t21-/m0/s1. The molecule has 0 aliphatic carbocycles. The lowest BCUT2D eigenvalue weighted by Gasteiger charge is -2.26. The smallest absolute Gasteiger partial charge is 0.416 e. The van der Waals surface area contributed by atoms with Crippen LogP contribution >= 0.6 is 11.3 Å². The Balaban J connectivity index is 1.53. The average Bonchev–Trinajstić information content (AvgIpc) is 3.58. The molecule has 4 rings (SSSR count). The number of hydrogen-bond acceptors (Lipinski definition) is 6. The molecule has 1 aliphatic rings. The van der Waals surface area contributed by atoms with Crippen LogP contribution in [0.2, 0.25) is 0 Å². The van der Waals surface area contributed by atoms with Crippen molar-refractivity contribution < 1.29 is 32.2 Å². The molecule has 2 aromatic carbocycles. The minimum Gasteiger partial charge on any atom is -0.497 e. The predicted molar refractivity (Wildman–Crippen MR) is 138 cm³/mol. The molecule has 2 heterocycles. The maximum Gasteiger partial charge on any atom is 0.416 e. The first-order valence-corrected chi connectivity index (χ1v) is 12.3. The summed E-state index contributed by atoms with van der Waals surface area (Å²) in [5.41, 5.74) is 0.763. The third kappa shape index (κ3) is 5.91. The number of anilines is 1. The molecule has 1 aromatic heterocycles. The van der Waals surface area contributed by atoms with Crippen LogP contribution in [-0.2, 0) is 11.0 Å². The molecule has 1 N–H and O–H groups in total. The molecule has 12 heteroatoms. The molecule has 3 aromatic rings. The fourth-order valence-corrected chi connectivity index (χ4v) is 4.70. The van der Waals surface area contributed by atoms with E-state index in [4.69, 9.17) is 9.47 Å². The van der Waals surface area contributed by atoms with Crippen LogP contribution in [0.3, 0.4) is 0 Å². The molecule has 200 valence electrons. The van der Waals surface area contributed by atoms with Gasteiger partial charge < -0.3 is 19.7 Å². The van der Waals surface area contributed by atoms with Crippen LogP contribution in [-0.4, -0.2) is 55.4 Å². The second kappa shape index (κ2) is 11.1. The summed E-state index contributed by atoms with van der Waals surface area (Å²) in [5.74, 6) is 0.701. The van der Waals surface area contributed by atoms with Crippen molar-refractivity contribution in [2.45, 2.75) is 18.6 Å². The summed E-state index contributed by atoms with van der Waals surface area (Å²) in [4.78, 5) is 28.2. The molecule has 0 radical (unpaired) electrons. The van der Waals surface area contributed by atoms with E-state index in [1.165, 1.54) is 30.5 Å². The topological polar surface area (TPSA) is 83.5 Å². The second-order valence-electron chi connectivity index (χ2n) is 8.45. The number of carbonyl (C=O) groups is 2. The lowest BCUT2D eigenvalue weighted by molar-refractivity contribution is -0.137. The second-order valence-corrected chi connectivity index (χ2v) is 9.40. The summed E-state index contributed by atoms with van der Waals surface area (Å²) in [6.45, 7) is -0.323. The maximum absolute atomic E-state index is 13.4. The number of likely N-dealkylation sites (N-methyl/N-ethyl adjacent to an activating group) is 1. The maximum atomic E-state index is 13.4. The van der Waals surface area contributed by atoms with Gasteiger partial charge in [0.05, 0.1) is 36.4 Å². The largest absolute Gasteiger partial charge is 0.497 e. The molecular formula is C26H25F3N4O4S. The van der Waals surface area contributed by atoms with Gasteiger partial charge in [-0.15, -0.1) is 11.3 Å². The van der Waals surface area contributed by atoms with E-state index in [1.807, 2.05) is 17.5 Å². The number of amides is 3. The fourth-order valence-electron chi connectivity index (χ4n) is 3.98. The van der Waals surface area contributed by atoms with Crippen molar-refractivity contribution in [1.29, 1.82) is 0 Å². The molecule has 0 saturated carbocycles. The zero-order valence-corrected chi connectivity index (χ0v) is 21.6. The number of carbonyl (C=O) groups excluding carboxylic acids is 2. The quantitative estimate of drug-likeness (QED) is 0.417. The summed E-state index contributed by atoms with van der Waals surface area (Å²) < 4.78 is 49.3. The molecule has 38 heavy (non-hydrogen) atoms. The fraction of sp³-hybridized carbons (Fsp3) is 0.269. The van der Waals surface area contributed by atoms with Crippen LogP contribution < -0.4 is 14.8 Å². The third-order valence-corrected chi connectivity index (χ3v) is 6.87. The minimum absolute atomic E-state index is 0.167. The van der Waals surface area contributed by atoms with Crippen LogP contribution in [0, 0.1) is 0 Å². The zero-order chi connectivity index (χ0) is 27.4. The van der Waals surface area contributed by atoms with Gasteiger partial charge in [0.1, 0.15) is 18.0 Å². The number of hydrazone groups is 1. The predicted octanol–water partition coefficient (Wildman–Crippen LogP) is 5.63.